The normalized spacial score (nSPS) is 14.9. The van der Waals surface area contributed by atoms with Crippen molar-refractivity contribution in [3.8, 4) is 0 Å². The van der Waals surface area contributed by atoms with Gasteiger partial charge >= 0.3 is 11.8 Å². The lowest BCUT2D eigenvalue weighted by Crippen LogP contribution is -2.36. The third kappa shape index (κ3) is 4.93. The molecule has 0 unspecified atom stereocenters. The van der Waals surface area contributed by atoms with Crippen LogP contribution < -0.4 is 15.5 Å². The molecule has 0 spiro atoms. The Morgan fingerprint density at radius 1 is 1.22 bits per heavy atom. The smallest absolute Gasteiger partial charge is 0.313 e. The van der Waals surface area contributed by atoms with Gasteiger partial charge in [-0.3, -0.25) is 14.4 Å². The van der Waals surface area contributed by atoms with Crippen molar-refractivity contribution in [2.24, 2.45) is 0 Å². The fraction of sp³-hybridized carbons (Fsp3) is 0.316. The number of carbonyl (C=O) groups is 3. The maximum Gasteiger partial charge on any atom is 0.313 e. The average Bonchev–Trinajstić information content (AvgIpc) is 3.33. The molecule has 3 N–H and O–H groups in total. The molecule has 3 amide bonds. The van der Waals surface area contributed by atoms with E-state index in [-0.39, 0.29) is 12.5 Å². The van der Waals surface area contributed by atoms with Gasteiger partial charge in [0.2, 0.25) is 5.91 Å². The largest absolute Gasteiger partial charge is 0.388 e. The number of hydrogen-bond donors (Lipinski definition) is 3. The number of amides is 3. The van der Waals surface area contributed by atoms with Gasteiger partial charge in [-0.05, 0) is 42.5 Å². The summed E-state index contributed by atoms with van der Waals surface area (Å²) in [5, 5.41) is 16.9. The highest BCUT2D eigenvalue weighted by atomic mass is 32.1. The summed E-state index contributed by atoms with van der Waals surface area (Å²) in [6.45, 7) is 0.844. The molecule has 2 heterocycles. The van der Waals surface area contributed by atoms with Crippen LogP contribution in [0.4, 0.5) is 11.4 Å². The van der Waals surface area contributed by atoms with E-state index < -0.39 is 17.9 Å². The molecule has 1 fully saturated rings. The zero-order chi connectivity index (χ0) is 19.2. The Hall–Kier alpha value is -2.71. The van der Waals surface area contributed by atoms with Gasteiger partial charge in [0.15, 0.2) is 0 Å². The molecule has 0 radical (unpaired) electrons. The van der Waals surface area contributed by atoms with Crippen LogP contribution in [0.5, 0.6) is 0 Å². The average molecular weight is 387 g/mol. The van der Waals surface area contributed by atoms with Gasteiger partial charge in [-0.15, -0.1) is 11.3 Å². The minimum Gasteiger partial charge on any atom is -0.388 e. The van der Waals surface area contributed by atoms with Crippen LogP contribution in [0.15, 0.2) is 41.8 Å². The second kappa shape index (κ2) is 8.79. The topological polar surface area (TPSA) is 98.7 Å². The van der Waals surface area contributed by atoms with Crippen LogP contribution in [-0.4, -0.2) is 35.9 Å². The third-order valence-corrected chi connectivity index (χ3v) is 5.24. The lowest BCUT2D eigenvalue weighted by Gasteiger charge is -2.16. The van der Waals surface area contributed by atoms with E-state index in [0.29, 0.717) is 30.8 Å². The molecule has 1 aliphatic heterocycles. The summed E-state index contributed by atoms with van der Waals surface area (Å²) in [6.07, 6.45) is 1.00. The van der Waals surface area contributed by atoms with Crippen molar-refractivity contribution in [3.05, 3.63) is 46.7 Å². The number of benzene rings is 1. The molecule has 1 saturated heterocycles. The summed E-state index contributed by atoms with van der Waals surface area (Å²) in [6, 6.07) is 10.5. The predicted octanol–water partition coefficient (Wildman–Crippen LogP) is 2.05. The molecule has 8 heteroatoms. The Labute approximate surface area is 161 Å². The molecule has 3 rings (SSSR count). The van der Waals surface area contributed by atoms with Gasteiger partial charge in [0.05, 0.1) is 6.10 Å². The van der Waals surface area contributed by atoms with Crippen LogP contribution in [0.1, 0.15) is 30.2 Å². The van der Waals surface area contributed by atoms with Gasteiger partial charge in [0, 0.05) is 35.8 Å². The molecule has 1 aromatic heterocycles. The SMILES string of the molecule is O=C(NCC[C@@H](O)c1cccs1)C(=O)Nc1cccc(N2CCCC2=O)c1. The van der Waals surface area contributed by atoms with Crippen molar-refractivity contribution in [1.82, 2.24) is 5.32 Å². The Kier molecular flexibility index (Phi) is 6.20. The summed E-state index contributed by atoms with van der Waals surface area (Å²) >= 11 is 1.44. The van der Waals surface area contributed by atoms with Gasteiger partial charge in [0.25, 0.3) is 0 Å². The molecule has 142 valence electrons. The van der Waals surface area contributed by atoms with Crippen LogP contribution in [0.2, 0.25) is 0 Å². The Balaban J connectivity index is 1.49. The zero-order valence-electron chi connectivity index (χ0n) is 14.7. The second-order valence-corrected chi connectivity index (χ2v) is 7.21. The van der Waals surface area contributed by atoms with E-state index in [4.69, 9.17) is 0 Å². The van der Waals surface area contributed by atoms with Crippen LogP contribution in [0, 0.1) is 0 Å². The molecule has 7 nitrogen and oxygen atoms in total. The van der Waals surface area contributed by atoms with Crippen molar-refractivity contribution in [2.75, 3.05) is 23.3 Å². The lowest BCUT2D eigenvalue weighted by atomic mass is 10.2. The molecule has 0 bridgehead atoms. The summed E-state index contributed by atoms with van der Waals surface area (Å²) < 4.78 is 0. The first kappa shape index (κ1) is 19.1. The van der Waals surface area contributed by atoms with Crippen molar-refractivity contribution >= 4 is 40.4 Å². The quantitative estimate of drug-likeness (QED) is 0.661. The molecule has 1 aliphatic rings. The fourth-order valence-electron chi connectivity index (χ4n) is 2.89. The monoisotopic (exact) mass is 387 g/mol. The minimum atomic E-state index is -0.787. The van der Waals surface area contributed by atoms with Gasteiger partial charge < -0.3 is 20.6 Å². The number of hydrogen-bond acceptors (Lipinski definition) is 5. The van der Waals surface area contributed by atoms with E-state index >= 15 is 0 Å². The number of nitrogens with zero attached hydrogens (tertiary/aromatic N) is 1. The number of aliphatic hydroxyl groups excluding tert-OH is 1. The Morgan fingerprint density at radius 3 is 2.78 bits per heavy atom. The van der Waals surface area contributed by atoms with E-state index in [1.807, 2.05) is 17.5 Å². The van der Waals surface area contributed by atoms with E-state index in [0.717, 1.165) is 11.3 Å². The van der Waals surface area contributed by atoms with Crippen LogP contribution >= 0.6 is 11.3 Å². The Bertz CT molecular complexity index is 822. The highest BCUT2D eigenvalue weighted by molar-refractivity contribution is 7.10. The number of aliphatic hydroxyl groups is 1. The number of carbonyl (C=O) groups excluding carboxylic acids is 3. The van der Waals surface area contributed by atoms with Crippen molar-refractivity contribution in [2.45, 2.75) is 25.4 Å². The van der Waals surface area contributed by atoms with E-state index in [1.165, 1.54) is 11.3 Å². The lowest BCUT2D eigenvalue weighted by molar-refractivity contribution is -0.136. The highest BCUT2D eigenvalue weighted by Gasteiger charge is 2.22. The molecule has 2 aromatic rings. The number of anilines is 2. The molecular formula is C19H21N3O4S. The molecule has 1 aromatic carbocycles. The summed E-state index contributed by atoms with van der Waals surface area (Å²) in [5.41, 5.74) is 1.15. The van der Waals surface area contributed by atoms with E-state index in [2.05, 4.69) is 10.6 Å². The Morgan fingerprint density at radius 2 is 2.07 bits per heavy atom. The molecule has 0 aliphatic carbocycles. The van der Waals surface area contributed by atoms with E-state index in [9.17, 15) is 19.5 Å². The maximum absolute atomic E-state index is 12.0. The van der Waals surface area contributed by atoms with Gasteiger partial charge in [-0.25, -0.2) is 0 Å². The van der Waals surface area contributed by atoms with E-state index in [1.54, 1.807) is 29.2 Å². The first-order chi connectivity index (χ1) is 13.0. The fourth-order valence-corrected chi connectivity index (χ4v) is 3.63. The first-order valence-corrected chi connectivity index (χ1v) is 9.63. The highest BCUT2D eigenvalue weighted by Crippen LogP contribution is 2.24. The molecule has 27 heavy (non-hydrogen) atoms. The van der Waals surface area contributed by atoms with Crippen LogP contribution in [0.25, 0.3) is 0 Å². The minimum absolute atomic E-state index is 0.0560. The van der Waals surface area contributed by atoms with Crippen LogP contribution in [-0.2, 0) is 14.4 Å². The number of rotatable bonds is 6. The molecular weight excluding hydrogens is 366 g/mol. The first-order valence-electron chi connectivity index (χ1n) is 8.75. The van der Waals surface area contributed by atoms with Gasteiger partial charge in [-0.2, -0.15) is 0 Å². The summed E-state index contributed by atoms with van der Waals surface area (Å²) in [4.78, 5) is 38.3. The number of thiophene rings is 1. The van der Waals surface area contributed by atoms with Gasteiger partial charge in [-0.1, -0.05) is 12.1 Å². The molecule has 0 saturated carbocycles. The van der Waals surface area contributed by atoms with Crippen LogP contribution in [0.3, 0.4) is 0 Å². The third-order valence-electron chi connectivity index (χ3n) is 4.27. The van der Waals surface area contributed by atoms with Crippen molar-refractivity contribution < 1.29 is 19.5 Å². The van der Waals surface area contributed by atoms with Crippen molar-refractivity contribution in [3.63, 3.8) is 0 Å². The summed E-state index contributed by atoms with van der Waals surface area (Å²) in [7, 11) is 0. The summed E-state index contributed by atoms with van der Waals surface area (Å²) in [5.74, 6) is -1.50. The molecule has 1 atom stereocenters. The van der Waals surface area contributed by atoms with Gasteiger partial charge in [0.1, 0.15) is 0 Å². The number of nitrogens with one attached hydrogen (secondary N) is 2. The van der Waals surface area contributed by atoms with Crippen molar-refractivity contribution in [1.29, 1.82) is 0 Å². The predicted molar refractivity (Wildman–Crippen MR) is 104 cm³/mol. The maximum atomic E-state index is 12.0. The second-order valence-electron chi connectivity index (χ2n) is 6.23. The zero-order valence-corrected chi connectivity index (χ0v) is 15.5. The standard InChI is InChI=1S/C19H21N3O4S/c23-15(16-6-3-11-27-16)8-9-20-18(25)19(26)21-13-4-1-5-14(12-13)22-10-2-7-17(22)24/h1,3-6,11-12,15,23H,2,7-10H2,(H,20,25)(H,21,26)/t15-/m1/s1.